The van der Waals surface area contributed by atoms with Crippen LogP contribution >= 0.6 is 11.3 Å². The van der Waals surface area contributed by atoms with Gasteiger partial charge in [0.1, 0.15) is 5.69 Å². The first kappa shape index (κ1) is 13.4. The predicted molar refractivity (Wildman–Crippen MR) is 76.0 cm³/mol. The summed E-state index contributed by atoms with van der Waals surface area (Å²) in [6, 6.07) is 6.99. The van der Waals surface area contributed by atoms with Gasteiger partial charge in [-0.2, -0.15) is 11.3 Å². The molecular weight excluding hydrogens is 264 g/mol. The quantitative estimate of drug-likeness (QED) is 0.666. The largest absolute Gasteiger partial charge is 0.490 e. The van der Waals surface area contributed by atoms with Crippen LogP contribution in [0.15, 0.2) is 35.0 Å². The molecule has 5 nitrogen and oxygen atoms in total. The molecule has 100 valence electrons. The number of ether oxygens (including phenoxy) is 1. The number of rotatable bonds is 5. The monoisotopic (exact) mass is 278 g/mol. The van der Waals surface area contributed by atoms with E-state index in [1.165, 1.54) is 7.11 Å². The van der Waals surface area contributed by atoms with Gasteiger partial charge in [-0.3, -0.25) is 10.1 Å². The number of methoxy groups -OCH3 is 1. The zero-order valence-corrected chi connectivity index (χ0v) is 11.4. The molecule has 1 atom stereocenters. The molecule has 2 aromatic rings. The van der Waals surface area contributed by atoms with Crippen LogP contribution in [0.4, 0.5) is 11.4 Å². The number of para-hydroxylation sites is 1. The normalized spacial score (nSPS) is 11.9. The first-order valence-corrected chi connectivity index (χ1v) is 6.67. The van der Waals surface area contributed by atoms with Crippen molar-refractivity contribution < 1.29 is 9.66 Å². The molecule has 1 N–H and O–H groups in total. The number of nitrogens with zero attached hydrogens (tertiary/aromatic N) is 1. The summed E-state index contributed by atoms with van der Waals surface area (Å²) >= 11 is 1.60. The molecule has 0 saturated carbocycles. The summed E-state index contributed by atoms with van der Waals surface area (Å²) < 4.78 is 5.04. The van der Waals surface area contributed by atoms with Crippen LogP contribution < -0.4 is 10.1 Å². The van der Waals surface area contributed by atoms with Crippen LogP contribution in [-0.2, 0) is 0 Å². The molecule has 0 radical (unpaired) electrons. The fraction of sp³-hybridized carbons (Fsp3) is 0.231. The van der Waals surface area contributed by atoms with Crippen molar-refractivity contribution in [2.24, 2.45) is 0 Å². The third-order valence-corrected chi connectivity index (χ3v) is 3.52. The van der Waals surface area contributed by atoms with E-state index in [1.54, 1.807) is 29.5 Å². The topological polar surface area (TPSA) is 64.4 Å². The lowest BCUT2D eigenvalue weighted by Gasteiger charge is -2.15. The van der Waals surface area contributed by atoms with E-state index in [0.717, 1.165) is 5.56 Å². The minimum Gasteiger partial charge on any atom is -0.490 e. The lowest BCUT2D eigenvalue weighted by Crippen LogP contribution is -2.08. The maximum atomic E-state index is 11.2. The van der Waals surface area contributed by atoms with E-state index >= 15 is 0 Å². The zero-order chi connectivity index (χ0) is 13.8. The highest BCUT2D eigenvalue weighted by Gasteiger charge is 2.21. The Hall–Kier alpha value is -2.08. The van der Waals surface area contributed by atoms with E-state index in [9.17, 15) is 10.1 Å². The van der Waals surface area contributed by atoms with Crippen LogP contribution in [-0.4, -0.2) is 12.0 Å². The van der Waals surface area contributed by atoms with Crippen molar-refractivity contribution >= 4 is 22.7 Å². The van der Waals surface area contributed by atoms with Gasteiger partial charge in [0.05, 0.1) is 12.0 Å². The van der Waals surface area contributed by atoms with Gasteiger partial charge >= 0.3 is 5.69 Å². The number of benzene rings is 1. The molecule has 0 aliphatic rings. The van der Waals surface area contributed by atoms with E-state index in [2.05, 4.69) is 5.32 Å². The lowest BCUT2D eigenvalue weighted by molar-refractivity contribution is -0.384. The van der Waals surface area contributed by atoms with E-state index in [4.69, 9.17) is 4.74 Å². The van der Waals surface area contributed by atoms with Crippen molar-refractivity contribution in [1.29, 1.82) is 0 Å². The number of thiophene rings is 1. The van der Waals surface area contributed by atoms with Gasteiger partial charge in [-0.05, 0) is 41.4 Å². The summed E-state index contributed by atoms with van der Waals surface area (Å²) in [4.78, 5) is 10.7. The second-order valence-electron chi connectivity index (χ2n) is 4.04. The molecule has 0 saturated heterocycles. The standard InChI is InChI=1S/C13H14N2O3S/c1-9(10-6-7-19-8-10)14-11-4-3-5-12(18-2)13(11)15(16)17/h3-9,14H,1-2H3. The molecule has 0 aliphatic carbocycles. The van der Waals surface area contributed by atoms with Crippen molar-refractivity contribution in [2.45, 2.75) is 13.0 Å². The van der Waals surface area contributed by atoms with Gasteiger partial charge in [0, 0.05) is 6.04 Å². The smallest absolute Gasteiger partial charge is 0.333 e. The highest BCUT2D eigenvalue weighted by Crippen LogP contribution is 2.36. The van der Waals surface area contributed by atoms with Gasteiger partial charge < -0.3 is 10.1 Å². The summed E-state index contributed by atoms with van der Waals surface area (Å²) in [6.07, 6.45) is 0. The Morgan fingerprint density at radius 2 is 2.21 bits per heavy atom. The van der Waals surface area contributed by atoms with Crippen molar-refractivity contribution in [3.63, 3.8) is 0 Å². The van der Waals surface area contributed by atoms with Crippen molar-refractivity contribution in [2.75, 3.05) is 12.4 Å². The molecule has 0 amide bonds. The Morgan fingerprint density at radius 1 is 1.42 bits per heavy atom. The number of anilines is 1. The molecule has 1 aromatic carbocycles. The Morgan fingerprint density at radius 3 is 2.79 bits per heavy atom. The molecule has 1 unspecified atom stereocenters. The Balaban J connectivity index is 2.32. The summed E-state index contributed by atoms with van der Waals surface area (Å²) in [5, 5.41) is 18.3. The zero-order valence-electron chi connectivity index (χ0n) is 10.6. The minimum atomic E-state index is -0.429. The Kier molecular flexibility index (Phi) is 4.01. The van der Waals surface area contributed by atoms with Gasteiger partial charge in [-0.25, -0.2) is 0 Å². The highest BCUT2D eigenvalue weighted by molar-refractivity contribution is 7.07. The van der Waals surface area contributed by atoms with E-state index in [0.29, 0.717) is 5.69 Å². The molecule has 1 heterocycles. The Labute approximate surface area is 115 Å². The molecule has 0 fully saturated rings. The van der Waals surface area contributed by atoms with Gasteiger partial charge in [0.2, 0.25) is 0 Å². The van der Waals surface area contributed by atoms with E-state index in [1.807, 2.05) is 23.8 Å². The molecule has 0 aliphatic heterocycles. The van der Waals surface area contributed by atoms with Crippen molar-refractivity contribution in [3.8, 4) is 5.75 Å². The molecule has 6 heteroatoms. The lowest BCUT2D eigenvalue weighted by atomic mass is 10.1. The van der Waals surface area contributed by atoms with Gasteiger partial charge in [-0.15, -0.1) is 0 Å². The SMILES string of the molecule is COc1cccc(NC(C)c2ccsc2)c1[N+](=O)[O-]. The van der Waals surface area contributed by atoms with Crippen molar-refractivity contribution in [3.05, 3.63) is 50.7 Å². The third-order valence-electron chi connectivity index (χ3n) is 2.82. The summed E-state index contributed by atoms with van der Waals surface area (Å²) in [5.41, 5.74) is 1.53. The minimum absolute atomic E-state index is 0.00273. The van der Waals surface area contributed by atoms with E-state index in [-0.39, 0.29) is 17.5 Å². The second-order valence-corrected chi connectivity index (χ2v) is 4.82. The highest BCUT2D eigenvalue weighted by atomic mass is 32.1. The number of hydrogen-bond donors (Lipinski definition) is 1. The average molecular weight is 278 g/mol. The van der Waals surface area contributed by atoms with Crippen LogP contribution in [0.5, 0.6) is 5.75 Å². The number of nitro groups is 1. The van der Waals surface area contributed by atoms with Gasteiger partial charge in [-0.1, -0.05) is 6.07 Å². The third kappa shape index (κ3) is 2.85. The van der Waals surface area contributed by atoms with Crippen LogP contribution in [0.25, 0.3) is 0 Å². The first-order chi connectivity index (χ1) is 9.13. The van der Waals surface area contributed by atoms with Crippen LogP contribution in [0.1, 0.15) is 18.5 Å². The summed E-state index contributed by atoms with van der Waals surface area (Å²) in [5.74, 6) is 0.257. The van der Waals surface area contributed by atoms with Crippen LogP contribution in [0.2, 0.25) is 0 Å². The maximum Gasteiger partial charge on any atom is 0.333 e. The van der Waals surface area contributed by atoms with Gasteiger partial charge in [0.15, 0.2) is 5.75 Å². The molecule has 0 bridgehead atoms. The fourth-order valence-corrected chi connectivity index (χ4v) is 2.58. The summed E-state index contributed by atoms with van der Waals surface area (Å²) in [6.45, 7) is 1.96. The van der Waals surface area contributed by atoms with Crippen molar-refractivity contribution in [1.82, 2.24) is 0 Å². The summed E-state index contributed by atoms with van der Waals surface area (Å²) in [7, 11) is 1.43. The molecule has 0 spiro atoms. The number of nitrogens with one attached hydrogen (secondary N) is 1. The van der Waals surface area contributed by atoms with Crippen LogP contribution in [0, 0.1) is 10.1 Å². The van der Waals surface area contributed by atoms with Gasteiger partial charge in [0.25, 0.3) is 0 Å². The second kappa shape index (κ2) is 5.71. The number of nitro benzene ring substituents is 1. The maximum absolute atomic E-state index is 11.2. The molecule has 2 rings (SSSR count). The molecular formula is C13H14N2O3S. The van der Waals surface area contributed by atoms with Crippen LogP contribution in [0.3, 0.4) is 0 Å². The molecule has 19 heavy (non-hydrogen) atoms. The Bertz CT molecular complexity index is 569. The average Bonchev–Trinajstić information content (AvgIpc) is 2.92. The first-order valence-electron chi connectivity index (χ1n) is 5.73. The number of hydrogen-bond acceptors (Lipinski definition) is 5. The van der Waals surface area contributed by atoms with E-state index < -0.39 is 4.92 Å². The predicted octanol–water partition coefficient (Wildman–Crippen LogP) is 3.84. The molecule has 1 aromatic heterocycles. The fourth-order valence-electron chi connectivity index (χ4n) is 1.83.